The molecule has 1 atom stereocenters. The normalized spacial score (nSPS) is 38.9. The molecule has 1 aromatic rings. The number of rotatable bonds is 4. The maximum atomic E-state index is 3.87. The summed E-state index contributed by atoms with van der Waals surface area (Å²) in [4.78, 5) is 1.53. The number of halogens is 2. The first-order valence-corrected chi connectivity index (χ1v) is 10.7. The van der Waals surface area contributed by atoms with Crippen LogP contribution in [0.3, 0.4) is 0 Å². The molecule has 1 unspecified atom stereocenters. The molecule has 4 aliphatic carbocycles. The van der Waals surface area contributed by atoms with Gasteiger partial charge < -0.3 is 5.32 Å². The van der Waals surface area contributed by atoms with Crippen LogP contribution < -0.4 is 5.32 Å². The summed E-state index contributed by atoms with van der Waals surface area (Å²) in [5.41, 5.74) is 0.536. The number of thiophene rings is 1. The van der Waals surface area contributed by atoms with Crippen molar-refractivity contribution in [1.82, 2.24) is 5.32 Å². The van der Waals surface area contributed by atoms with Gasteiger partial charge in [-0.1, -0.05) is 6.92 Å². The van der Waals surface area contributed by atoms with Crippen molar-refractivity contribution < 1.29 is 0 Å². The van der Waals surface area contributed by atoms with Gasteiger partial charge in [-0.2, -0.15) is 0 Å². The van der Waals surface area contributed by atoms with E-state index in [1.54, 1.807) is 0 Å². The zero-order valence-corrected chi connectivity index (χ0v) is 16.5. The number of nitrogens with one attached hydrogen (secondary N) is 1. The molecule has 5 rings (SSSR count). The Balaban J connectivity index is 1.70. The van der Waals surface area contributed by atoms with E-state index >= 15 is 0 Å². The highest BCUT2D eigenvalue weighted by Gasteiger charge is 2.54. The largest absolute Gasteiger partial charge is 0.309 e. The van der Waals surface area contributed by atoms with Gasteiger partial charge in [0.25, 0.3) is 0 Å². The molecular formula is C17H23Br2NS. The molecule has 1 N–H and O–H groups in total. The van der Waals surface area contributed by atoms with Crippen LogP contribution in [0.2, 0.25) is 0 Å². The molecule has 1 nitrogen and oxygen atoms in total. The van der Waals surface area contributed by atoms with Crippen molar-refractivity contribution in [1.29, 1.82) is 0 Å². The van der Waals surface area contributed by atoms with Crippen molar-refractivity contribution in [3.05, 3.63) is 19.2 Å². The molecule has 116 valence electrons. The van der Waals surface area contributed by atoms with Gasteiger partial charge in [0, 0.05) is 15.4 Å². The quantitative estimate of drug-likeness (QED) is 0.602. The van der Waals surface area contributed by atoms with Gasteiger partial charge in [-0.05, 0) is 106 Å². The minimum absolute atomic E-state index is 0.536. The molecule has 0 radical (unpaired) electrons. The highest BCUT2D eigenvalue weighted by molar-refractivity contribution is 9.13. The van der Waals surface area contributed by atoms with Crippen LogP contribution in [0.1, 0.15) is 56.4 Å². The lowest BCUT2D eigenvalue weighted by Crippen LogP contribution is -2.51. The fourth-order valence-electron chi connectivity index (χ4n) is 5.86. The Bertz CT molecular complexity index is 484. The first-order chi connectivity index (χ1) is 10.1. The predicted molar refractivity (Wildman–Crippen MR) is 96.7 cm³/mol. The van der Waals surface area contributed by atoms with Gasteiger partial charge in [0.15, 0.2) is 0 Å². The Labute approximate surface area is 148 Å². The van der Waals surface area contributed by atoms with Crippen LogP contribution in [-0.2, 0) is 0 Å². The SMILES string of the molecule is CCNC(c1cc(Br)c(Br)s1)C12CC3CC(CC(C3)C1)C2. The van der Waals surface area contributed by atoms with E-state index in [-0.39, 0.29) is 0 Å². The molecule has 0 aromatic carbocycles. The predicted octanol–water partition coefficient (Wildman–Crippen LogP) is 6.14. The van der Waals surface area contributed by atoms with E-state index < -0.39 is 0 Å². The third-order valence-corrected chi connectivity index (χ3v) is 9.38. The lowest BCUT2D eigenvalue weighted by atomic mass is 9.47. The summed E-state index contributed by atoms with van der Waals surface area (Å²) in [6.45, 7) is 3.32. The average molecular weight is 433 g/mol. The monoisotopic (exact) mass is 431 g/mol. The van der Waals surface area contributed by atoms with Gasteiger partial charge >= 0.3 is 0 Å². The Morgan fingerprint density at radius 1 is 1.19 bits per heavy atom. The van der Waals surface area contributed by atoms with Crippen molar-refractivity contribution >= 4 is 43.2 Å². The average Bonchev–Trinajstić information content (AvgIpc) is 2.74. The molecular weight excluding hydrogens is 410 g/mol. The second-order valence-corrected chi connectivity index (χ2v) is 10.8. The van der Waals surface area contributed by atoms with Gasteiger partial charge in [0.05, 0.1) is 3.79 Å². The number of hydrogen-bond acceptors (Lipinski definition) is 2. The molecule has 4 bridgehead atoms. The summed E-state index contributed by atoms with van der Waals surface area (Å²) in [5.74, 6) is 3.05. The highest BCUT2D eigenvalue weighted by Crippen LogP contribution is 2.64. The molecule has 0 saturated heterocycles. The first kappa shape index (κ1) is 15.2. The highest BCUT2D eigenvalue weighted by atomic mass is 79.9. The third-order valence-electron chi connectivity index (χ3n) is 6.05. The van der Waals surface area contributed by atoms with E-state index in [0.29, 0.717) is 11.5 Å². The Morgan fingerprint density at radius 3 is 2.19 bits per heavy atom. The molecule has 1 heterocycles. The van der Waals surface area contributed by atoms with Crippen molar-refractivity contribution in [2.45, 2.75) is 51.5 Å². The van der Waals surface area contributed by atoms with E-state index in [4.69, 9.17) is 0 Å². The molecule has 4 saturated carbocycles. The molecule has 1 aromatic heterocycles. The minimum atomic E-state index is 0.536. The van der Waals surface area contributed by atoms with Crippen LogP contribution in [0.5, 0.6) is 0 Å². The van der Waals surface area contributed by atoms with Crippen molar-refractivity contribution in [2.24, 2.45) is 23.2 Å². The van der Waals surface area contributed by atoms with Crippen molar-refractivity contribution in [3.63, 3.8) is 0 Å². The molecule has 0 amide bonds. The summed E-state index contributed by atoms with van der Waals surface area (Å²) in [6.07, 6.45) is 8.96. The van der Waals surface area contributed by atoms with Crippen LogP contribution in [-0.4, -0.2) is 6.54 Å². The van der Waals surface area contributed by atoms with Crippen LogP contribution in [0, 0.1) is 23.2 Å². The van der Waals surface area contributed by atoms with E-state index in [1.807, 2.05) is 11.3 Å². The Hall–Kier alpha value is 0.620. The maximum absolute atomic E-state index is 3.87. The molecule has 0 aliphatic heterocycles. The molecule has 21 heavy (non-hydrogen) atoms. The van der Waals surface area contributed by atoms with Gasteiger partial charge in [0.1, 0.15) is 0 Å². The lowest BCUT2D eigenvalue weighted by Gasteiger charge is -2.59. The standard InChI is InChI=1S/C17H23Br2NS/c1-2-20-15(14-6-13(18)16(19)21-14)17-7-10-3-11(8-17)5-12(4-10)9-17/h6,10-12,15,20H,2-5,7-9H2,1H3. The van der Waals surface area contributed by atoms with Crippen LogP contribution in [0.4, 0.5) is 0 Å². The van der Waals surface area contributed by atoms with E-state index in [0.717, 1.165) is 24.3 Å². The number of hydrogen-bond donors (Lipinski definition) is 1. The summed E-state index contributed by atoms with van der Waals surface area (Å²) < 4.78 is 2.46. The topological polar surface area (TPSA) is 12.0 Å². The molecule has 0 spiro atoms. The van der Waals surface area contributed by atoms with Gasteiger partial charge in [-0.3, -0.25) is 0 Å². The first-order valence-electron chi connectivity index (χ1n) is 8.28. The van der Waals surface area contributed by atoms with Gasteiger partial charge in [0.2, 0.25) is 0 Å². The Morgan fingerprint density at radius 2 is 1.76 bits per heavy atom. The van der Waals surface area contributed by atoms with Gasteiger partial charge in [-0.15, -0.1) is 11.3 Å². The summed E-state index contributed by atoms with van der Waals surface area (Å²) in [7, 11) is 0. The maximum Gasteiger partial charge on any atom is 0.0843 e. The second-order valence-electron chi connectivity index (χ2n) is 7.54. The van der Waals surface area contributed by atoms with Crippen molar-refractivity contribution in [3.8, 4) is 0 Å². The molecule has 4 aliphatic rings. The molecule has 4 fully saturated rings. The third kappa shape index (κ3) is 2.58. The lowest BCUT2D eigenvalue weighted by molar-refractivity contribution is -0.0739. The van der Waals surface area contributed by atoms with E-state index in [1.165, 1.54) is 51.7 Å². The van der Waals surface area contributed by atoms with Crippen LogP contribution >= 0.6 is 43.2 Å². The van der Waals surface area contributed by atoms with E-state index in [9.17, 15) is 0 Å². The van der Waals surface area contributed by atoms with E-state index in [2.05, 4.69) is 50.2 Å². The van der Waals surface area contributed by atoms with Crippen LogP contribution in [0.15, 0.2) is 14.3 Å². The summed E-state index contributed by atoms with van der Waals surface area (Å²) >= 11 is 9.29. The zero-order chi connectivity index (χ0) is 14.6. The minimum Gasteiger partial charge on any atom is -0.309 e. The Kier molecular flexibility index (Phi) is 4.05. The van der Waals surface area contributed by atoms with Crippen molar-refractivity contribution in [2.75, 3.05) is 6.54 Å². The smallest absolute Gasteiger partial charge is 0.0843 e. The van der Waals surface area contributed by atoms with Crippen LogP contribution in [0.25, 0.3) is 0 Å². The fraction of sp³-hybridized carbons (Fsp3) is 0.765. The zero-order valence-electron chi connectivity index (χ0n) is 12.5. The summed E-state index contributed by atoms with van der Waals surface area (Å²) in [6, 6.07) is 2.91. The fourth-order valence-corrected chi connectivity index (χ4v) is 8.17. The van der Waals surface area contributed by atoms with Gasteiger partial charge in [-0.25, -0.2) is 0 Å². The molecule has 4 heteroatoms. The summed E-state index contributed by atoms with van der Waals surface area (Å²) in [5, 5.41) is 3.87. The second kappa shape index (κ2) is 5.61.